The zero-order chi connectivity index (χ0) is 17.2. The third-order valence-electron chi connectivity index (χ3n) is 3.99. The standard InChI is InChI=1S/C21H25NO2/c1-3-11-20(4-2)22(16-18-12-7-5-8-13-18)21(23)24-17-19-14-9-6-10-15-19/h3,5-10,12-15,20H,1,4,11,16-17H2,2H3. The van der Waals surface area contributed by atoms with Gasteiger partial charge >= 0.3 is 6.09 Å². The Morgan fingerprint density at radius 3 is 2.21 bits per heavy atom. The van der Waals surface area contributed by atoms with Gasteiger partial charge in [-0.3, -0.25) is 0 Å². The molecule has 1 atom stereocenters. The van der Waals surface area contributed by atoms with Gasteiger partial charge in [0.15, 0.2) is 0 Å². The quantitative estimate of drug-likeness (QED) is 0.626. The van der Waals surface area contributed by atoms with E-state index in [1.165, 1.54) is 0 Å². The first-order chi connectivity index (χ1) is 11.7. The minimum Gasteiger partial charge on any atom is -0.445 e. The maximum atomic E-state index is 12.7. The number of rotatable bonds is 8. The van der Waals surface area contributed by atoms with Gasteiger partial charge < -0.3 is 9.64 Å². The first kappa shape index (κ1) is 17.8. The lowest BCUT2D eigenvalue weighted by Crippen LogP contribution is -2.39. The summed E-state index contributed by atoms with van der Waals surface area (Å²) in [6.07, 6.45) is 3.19. The zero-order valence-electron chi connectivity index (χ0n) is 14.2. The SMILES string of the molecule is C=CCC(CC)N(Cc1ccccc1)C(=O)OCc1ccccc1. The van der Waals surface area contributed by atoms with Gasteiger partial charge in [-0.25, -0.2) is 4.79 Å². The Labute approximate surface area is 144 Å². The normalized spacial score (nSPS) is 11.5. The van der Waals surface area contributed by atoms with Crippen LogP contribution in [0.5, 0.6) is 0 Å². The lowest BCUT2D eigenvalue weighted by Gasteiger charge is -2.30. The number of nitrogens with zero attached hydrogens (tertiary/aromatic N) is 1. The Morgan fingerprint density at radius 1 is 1.08 bits per heavy atom. The molecule has 2 aromatic carbocycles. The van der Waals surface area contributed by atoms with Crippen LogP contribution in [0.1, 0.15) is 30.9 Å². The first-order valence-electron chi connectivity index (χ1n) is 8.36. The van der Waals surface area contributed by atoms with Crippen LogP contribution in [-0.2, 0) is 17.9 Å². The maximum Gasteiger partial charge on any atom is 0.410 e. The van der Waals surface area contributed by atoms with Crippen molar-refractivity contribution < 1.29 is 9.53 Å². The van der Waals surface area contributed by atoms with E-state index >= 15 is 0 Å². The summed E-state index contributed by atoms with van der Waals surface area (Å²) in [7, 11) is 0. The summed E-state index contributed by atoms with van der Waals surface area (Å²) in [5, 5.41) is 0. The molecule has 0 aliphatic carbocycles. The number of hydrogen-bond acceptors (Lipinski definition) is 2. The van der Waals surface area contributed by atoms with Crippen LogP contribution >= 0.6 is 0 Å². The van der Waals surface area contributed by atoms with E-state index in [0.29, 0.717) is 6.54 Å². The van der Waals surface area contributed by atoms with Crippen molar-refractivity contribution in [3.8, 4) is 0 Å². The molecule has 1 amide bonds. The van der Waals surface area contributed by atoms with Crippen molar-refractivity contribution in [2.75, 3.05) is 0 Å². The van der Waals surface area contributed by atoms with Crippen LogP contribution in [0.15, 0.2) is 73.3 Å². The fourth-order valence-electron chi connectivity index (χ4n) is 2.63. The highest BCUT2D eigenvalue weighted by molar-refractivity contribution is 5.68. The van der Waals surface area contributed by atoms with Crippen molar-refractivity contribution in [1.82, 2.24) is 4.90 Å². The Morgan fingerprint density at radius 2 is 1.67 bits per heavy atom. The van der Waals surface area contributed by atoms with E-state index in [1.807, 2.05) is 66.7 Å². The molecule has 0 N–H and O–H groups in total. The summed E-state index contributed by atoms with van der Waals surface area (Å²) in [5.74, 6) is 0. The van der Waals surface area contributed by atoms with Crippen LogP contribution in [-0.4, -0.2) is 17.0 Å². The summed E-state index contributed by atoms with van der Waals surface area (Å²) in [6, 6.07) is 19.8. The fraction of sp³-hybridized carbons (Fsp3) is 0.286. The summed E-state index contributed by atoms with van der Waals surface area (Å²) in [5.41, 5.74) is 2.08. The van der Waals surface area contributed by atoms with Crippen molar-refractivity contribution in [2.24, 2.45) is 0 Å². The molecule has 3 heteroatoms. The molecule has 0 heterocycles. The Bertz CT molecular complexity index is 625. The van der Waals surface area contributed by atoms with E-state index in [-0.39, 0.29) is 18.7 Å². The molecule has 0 radical (unpaired) electrons. The largest absolute Gasteiger partial charge is 0.445 e. The van der Waals surface area contributed by atoms with Crippen molar-refractivity contribution in [2.45, 2.75) is 39.0 Å². The molecule has 0 fully saturated rings. The zero-order valence-corrected chi connectivity index (χ0v) is 14.2. The molecule has 126 valence electrons. The predicted octanol–water partition coefficient (Wildman–Crippen LogP) is 5.18. The Kier molecular flexibility index (Phi) is 7.09. The van der Waals surface area contributed by atoms with E-state index in [2.05, 4.69) is 13.5 Å². The van der Waals surface area contributed by atoms with Gasteiger partial charge in [-0.05, 0) is 24.0 Å². The summed E-state index contributed by atoms with van der Waals surface area (Å²) < 4.78 is 5.54. The molecule has 2 aromatic rings. The molecule has 2 rings (SSSR count). The molecule has 24 heavy (non-hydrogen) atoms. The molecule has 0 spiro atoms. The van der Waals surface area contributed by atoms with Crippen LogP contribution in [0.4, 0.5) is 4.79 Å². The Balaban J connectivity index is 2.08. The third kappa shape index (κ3) is 5.27. The van der Waals surface area contributed by atoms with Crippen LogP contribution in [0.25, 0.3) is 0 Å². The molecular formula is C21H25NO2. The second-order valence-corrected chi connectivity index (χ2v) is 5.74. The molecule has 3 nitrogen and oxygen atoms in total. The van der Waals surface area contributed by atoms with Gasteiger partial charge in [0.25, 0.3) is 0 Å². The maximum absolute atomic E-state index is 12.7. The van der Waals surface area contributed by atoms with Gasteiger partial charge in [-0.2, -0.15) is 0 Å². The van der Waals surface area contributed by atoms with Gasteiger partial charge in [-0.15, -0.1) is 6.58 Å². The minimum absolute atomic E-state index is 0.0889. The van der Waals surface area contributed by atoms with Crippen LogP contribution in [0.2, 0.25) is 0 Å². The summed E-state index contributed by atoms with van der Waals surface area (Å²) >= 11 is 0. The van der Waals surface area contributed by atoms with E-state index in [1.54, 1.807) is 4.90 Å². The average Bonchev–Trinajstić information content (AvgIpc) is 2.64. The van der Waals surface area contributed by atoms with Gasteiger partial charge in [-0.1, -0.05) is 73.7 Å². The van der Waals surface area contributed by atoms with E-state index in [9.17, 15) is 4.79 Å². The van der Waals surface area contributed by atoms with Crippen molar-refractivity contribution in [3.05, 3.63) is 84.4 Å². The second-order valence-electron chi connectivity index (χ2n) is 5.74. The number of carbonyl (C=O) groups is 1. The van der Waals surface area contributed by atoms with Gasteiger partial charge in [0, 0.05) is 12.6 Å². The molecule has 0 saturated heterocycles. The van der Waals surface area contributed by atoms with Gasteiger partial charge in [0.2, 0.25) is 0 Å². The summed E-state index contributed by atoms with van der Waals surface area (Å²) in [4.78, 5) is 14.5. The highest BCUT2D eigenvalue weighted by Gasteiger charge is 2.23. The van der Waals surface area contributed by atoms with Crippen molar-refractivity contribution in [1.29, 1.82) is 0 Å². The first-order valence-corrected chi connectivity index (χ1v) is 8.36. The number of hydrogen-bond donors (Lipinski definition) is 0. The number of benzene rings is 2. The lowest BCUT2D eigenvalue weighted by atomic mass is 10.1. The van der Waals surface area contributed by atoms with E-state index < -0.39 is 0 Å². The van der Waals surface area contributed by atoms with Crippen LogP contribution in [0.3, 0.4) is 0 Å². The fourth-order valence-corrected chi connectivity index (χ4v) is 2.63. The monoisotopic (exact) mass is 323 g/mol. The molecule has 0 aliphatic heterocycles. The molecule has 0 bridgehead atoms. The molecular weight excluding hydrogens is 298 g/mol. The number of carbonyl (C=O) groups excluding carboxylic acids is 1. The van der Waals surface area contributed by atoms with E-state index in [4.69, 9.17) is 4.74 Å². The van der Waals surface area contributed by atoms with Gasteiger partial charge in [0.1, 0.15) is 6.61 Å². The van der Waals surface area contributed by atoms with Crippen LogP contribution < -0.4 is 0 Å². The predicted molar refractivity (Wildman–Crippen MR) is 97.5 cm³/mol. The van der Waals surface area contributed by atoms with Gasteiger partial charge in [0.05, 0.1) is 0 Å². The van der Waals surface area contributed by atoms with E-state index in [0.717, 1.165) is 24.0 Å². The lowest BCUT2D eigenvalue weighted by molar-refractivity contribution is 0.0763. The summed E-state index contributed by atoms with van der Waals surface area (Å²) in [6.45, 7) is 6.72. The van der Waals surface area contributed by atoms with Crippen LogP contribution in [0, 0.1) is 0 Å². The topological polar surface area (TPSA) is 29.5 Å². The Hall–Kier alpha value is -2.55. The molecule has 0 aromatic heterocycles. The smallest absolute Gasteiger partial charge is 0.410 e. The number of ether oxygens (including phenoxy) is 1. The second kappa shape index (κ2) is 9.56. The highest BCUT2D eigenvalue weighted by Crippen LogP contribution is 2.16. The third-order valence-corrected chi connectivity index (χ3v) is 3.99. The van der Waals surface area contributed by atoms with Crippen molar-refractivity contribution >= 4 is 6.09 Å². The highest BCUT2D eigenvalue weighted by atomic mass is 16.6. The number of amides is 1. The van der Waals surface area contributed by atoms with Crippen molar-refractivity contribution in [3.63, 3.8) is 0 Å². The minimum atomic E-state index is -0.281. The molecule has 0 saturated carbocycles. The molecule has 0 aliphatic rings. The molecule has 1 unspecified atom stereocenters. The average molecular weight is 323 g/mol.